The Hall–Kier alpha value is -0.980. The molecule has 0 radical (unpaired) electrons. The Labute approximate surface area is 113 Å². The molecular formula is C12H16N2O2S2. The third-order valence-corrected chi connectivity index (χ3v) is 4.92. The van der Waals surface area contributed by atoms with Crippen LogP contribution in [-0.2, 0) is 10.0 Å². The van der Waals surface area contributed by atoms with E-state index >= 15 is 0 Å². The maximum atomic E-state index is 12.3. The molecule has 2 rings (SSSR count). The third-order valence-electron chi connectivity index (χ3n) is 3.07. The zero-order valence-corrected chi connectivity index (χ0v) is 11.7. The predicted octanol–water partition coefficient (Wildman–Crippen LogP) is 1.34. The number of rotatable bonds is 5. The summed E-state index contributed by atoms with van der Waals surface area (Å²) in [5, 5.41) is 0. The zero-order chi connectivity index (χ0) is 13.3. The van der Waals surface area contributed by atoms with Gasteiger partial charge in [-0.1, -0.05) is 30.4 Å². The molecule has 3 N–H and O–H groups in total. The van der Waals surface area contributed by atoms with E-state index < -0.39 is 16.1 Å². The van der Waals surface area contributed by atoms with Crippen LogP contribution in [0.4, 0.5) is 0 Å². The Balaban J connectivity index is 2.26. The number of hydrogen-bond donors (Lipinski definition) is 2. The molecule has 0 heterocycles. The van der Waals surface area contributed by atoms with Crippen LogP contribution in [0.15, 0.2) is 29.2 Å². The van der Waals surface area contributed by atoms with E-state index in [2.05, 4.69) is 4.72 Å². The molecule has 0 aromatic heterocycles. The van der Waals surface area contributed by atoms with Gasteiger partial charge >= 0.3 is 0 Å². The molecule has 1 fully saturated rings. The Morgan fingerprint density at radius 1 is 1.44 bits per heavy atom. The molecule has 98 valence electrons. The predicted molar refractivity (Wildman–Crippen MR) is 74.8 cm³/mol. The lowest BCUT2D eigenvalue weighted by molar-refractivity contribution is 0.564. The van der Waals surface area contributed by atoms with Gasteiger partial charge in [0.1, 0.15) is 0 Å². The van der Waals surface area contributed by atoms with Gasteiger partial charge in [-0.3, -0.25) is 0 Å². The lowest BCUT2D eigenvalue weighted by Gasteiger charge is -2.17. The van der Waals surface area contributed by atoms with Gasteiger partial charge in [0.2, 0.25) is 10.0 Å². The van der Waals surface area contributed by atoms with E-state index in [1.807, 2.05) is 0 Å². The molecule has 0 amide bonds. The molecule has 1 aromatic carbocycles. The Bertz CT molecular complexity index is 565. The quantitative estimate of drug-likeness (QED) is 0.800. The summed E-state index contributed by atoms with van der Waals surface area (Å²) in [6.07, 6.45) is 1.94. The standard InChI is InChI=1S/C12H16N2O2S2/c1-8-4-2-3-5-10(8)18(15,16)14-11(12(13)17)9-6-7-9/h2-5,9,11,14H,6-7H2,1H3,(H2,13,17). The van der Waals surface area contributed by atoms with Gasteiger partial charge in [0, 0.05) is 0 Å². The van der Waals surface area contributed by atoms with Crippen molar-refractivity contribution >= 4 is 27.2 Å². The maximum Gasteiger partial charge on any atom is 0.241 e. The van der Waals surface area contributed by atoms with Gasteiger partial charge in [-0.25, -0.2) is 13.1 Å². The first-order valence-corrected chi connectivity index (χ1v) is 7.68. The van der Waals surface area contributed by atoms with Crippen LogP contribution >= 0.6 is 12.2 Å². The van der Waals surface area contributed by atoms with Crippen LogP contribution in [-0.4, -0.2) is 19.4 Å². The highest BCUT2D eigenvalue weighted by Gasteiger charge is 2.36. The summed E-state index contributed by atoms with van der Waals surface area (Å²) in [6.45, 7) is 1.77. The molecule has 18 heavy (non-hydrogen) atoms. The fourth-order valence-corrected chi connectivity index (χ4v) is 3.76. The molecule has 1 aromatic rings. The molecule has 0 bridgehead atoms. The summed E-state index contributed by atoms with van der Waals surface area (Å²) < 4.78 is 27.2. The average molecular weight is 284 g/mol. The molecule has 0 spiro atoms. The van der Waals surface area contributed by atoms with Crippen LogP contribution in [0, 0.1) is 12.8 Å². The smallest absolute Gasteiger partial charge is 0.241 e. The molecule has 0 saturated heterocycles. The number of sulfonamides is 1. The second kappa shape index (κ2) is 4.95. The van der Waals surface area contributed by atoms with Crippen LogP contribution in [0.25, 0.3) is 0 Å². The molecule has 1 saturated carbocycles. The normalized spacial score (nSPS) is 17.4. The van der Waals surface area contributed by atoms with Crippen molar-refractivity contribution < 1.29 is 8.42 Å². The van der Waals surface area contributed by atoms with Gasteiger partial charge in [0.25, 0.3) is 0 Å². The lowest BCUT2D eigenvalue weighted by Crippen LogP contribution is -2.45. The molecule has 1 aliphatic carbocycles. The number of nitrogens with one attached hydrogen (secondary N) is 1. The second-order valence-corrected chi connectivity index (χ2v) is 6.76. The van der Waals surface area contributed by atoms with Gasteiger partial charge in [0.05, 0.1) is 15.9 Å². The van der Waals surface area contributed by atoms with E-state index in [4.69, 9.17) is 18.0 Å². The first kappa shape index (κ1) is 13.5. The lowest BCUT2D eigenvalue weighted by atomic mass is 10.2. The van der Waals surface area contributed by atoms with Crippen molar-refractivity contribution in [1.82, 2.24) is 4.72 Å². The van der Waals surface area contributed by atoms with Crippen molar-refractivity contribution in [3.8, 4) is 0 Å². The number of aryl methyl sites for hydroxylation is 1. The number of hydrogen-bond acceptors (Lipinski definition) is 3. The number of thiocarbonyl (C=S) groups is 1. The van der Waals surface area contributed by atoms with Gasteiger partial charge < -0.3 is 5.73 Å². The van der Waals surface area contributed by atoms with Crippen molar-refractivity contribution in [3.63, 3.8) is 0 Å². The van der Waals surface area contributed by atoms with E-state index in [9.17, 15) is 8.42 Å². The molecule has 1 unspecified atom stereocenters. The summed E-state index contributed by atoms with van der Waals surface area (Å²) in [4.78, 5) is 0.501. The van der Waals surface area contributed by atoms with E-state index in [1.165, 1.54) is 0 Å². The molecule has 0 aliphatic heterocycles. The number of nitrogens with two attached hydrogens (primary N) is 1. The van der Waals surface area contributed by atoms with Crippen LogP contribution in [0.1, 0.15) is 18.4 Å². The molecule has 1 atom stereocenters. The van der Waals surface area contributed by atoms with Crippen LogP contribution in [0.2, 0.25) is 0 Å². The van der Waals surface area contributed by atoms with Gasteiger partial charge in [-0.15, -0.1) is 0 Å². The van der Waals surface area contributed by atoms with Crippen LogP contribution in [0.3, 0.4) is 0 Å². The van der Waals surface area contributed by atoms with E-state index in [0.717, 1.165) is 12.8 Å². The Morgan fingerprint density at radius 2 is 2.06 bits per heavy atom. The Morgan fingerprint density at radius 3 is 2.56 bits per heavy atom. The molecule has 4 nitrogen and oxygen atoms in total. The van der Waals surface area contributed by atoms with Crippen LogP contribution in [0.5, 0.6) is 0 Å². The van der Waals surface area contributed by atoms with Crippen molar-refractivity contribution in [2.24, 2.45) is 11.7 Å². The van der Waals surface area contributed by atoms with E-state index in [-0.39, 0.29) is 15.8 Å². The minimum Gasteiger partial charge on any atom is -0.392 e. The third kappa shape index (κ3) is 2.88. The van der Waals surface area contributed by atoms with Crippen LogP contribution < -0.4 is 10.5 Å². The topological polar surface area (TPSA) is 72.2 Å². The molecular weight excluding hydrogens is 268 g/mol. The van der Waals surface area contributed by atoms with Gasteiger partial charge in [-0.05, 0) is 37.3 Å². The van der Waals surface area contributed by atoms with Crippen molar-refractivity contribution in [2.75, 3.05) is 0 Å². The SMILES string of the molecule is Cc1ccccc1S(=O)(=O)NC(C(N)=S)C1CC1. The fourth-order valence-electron chi connectivity index (χ4n) is 1.90. The minimum atomic E-state index is -3.56. The Kier molecular flexibility index (Phi) is 3.70. The largest absolute Gasteiger partial charge is 0.392 e. The summed E-state index contributed by atoms with van der Waals surface area (Å²) in [5.41, 5.74) is 6.32. The van der Waals surface area contributed by atoms with Crippen molar-refractivity contribution in [1.29, 1.82) is 0 Å². The summed E-state index contributed by atoms with van der Waals surface area (Å²) in [6, 6.07) is 6.43. The summed E-state index contributed by atoms with van der Waals surface area (Å²) >= 11 is 4.93. The van der Waals surface area contributed by atoms with Crippen molar-refractivity contribution in [3.05, 3.63) is 29.8 Å². The zero-order valence-electron chi connectivity index (χ0n) is 10.1. The maximum absolute atomic E-state index is 12.3. The van der Waals surface area contributed by atoms with Gasteiger partial charge in [-0.2, -0.15) is 0 Å². The first-order valence-electron chi connectivity index (χ1n) is 5.79. The number of benzene rings is 1. The average Bonchev–Trinajstić information content (AvgIpc) is 3.10. The highest BCUT2D eigenvalue weighted by Crippen LogP contribution is 2.33. The van der Waals surface area contributed by atoms with Crippen molar-refractivity contribution in [2.45, 2.75) is 30.7 Å². The monoisotopic (exact) mass is 284 g/mol. The fraction of sp³-hybridized carbons (Fsp3) is 0.417. The van der Waals surface area contributed by atoms with E-state index in [0.29, 0.717) is 5.56 Å². The highest BCUT2D eigenvalue weighted by atomic mass is 32.2. The second-order valence-electron chi connectivity index (χ2n) is 4.60. The van der Waals surface area contributed by atoms with Gasteiger partial charge in [0.15, 0.2) is 0 Å². The highest BCUT2D eigenvalue weighted by molar-refractivity contribution is 7.89. The molecule has 6 heteroatoms. The van der Waals surface area contributed by atoms with E-state index in [1.54, 1.807) is 31.2 Å². The molecule has 1 aliphatic rings. The first-order chi connectivity index (χ1) is 8.42. The summed E-state index contributed by atoms with van der Waals surface area (Å²) in [7, 11) is -3.56. The minimum absolute atomic E-state index is 0.217. The summed E-state index contributed by atoms with van der Waals surface area (Å²) in [5.74, 6) is 0.251.